The highest BCUT2D eigenvalue weighted by molar-refractivity contribution is 7.92. The second-order valence-electron chi connectivity index (χ2n) is 7.50. The first-order chi connectivity index (χ1) is 16.8. The van der Waals surface area contributed by atoms with Crippen molar-refractivity contribution in [1.82, 2.24) is 14.8 Å². The van der Waals surface area contributed by atoms with Gasteiger partial charge < -0.3 is 5.11 Å². The van der Waals surface area contributed by atoms with Crippen molar-refractivity contribution in [3.63, 3.8) is 0 Å². The van der Waals surface area contributed by atoms with Crippen molar-refractivity contribution in [1.29, 1.82) is 0 Å². The molecule has 0 amide bonds. The van der Waals surface area contributed by atoms with Gasteiger partial charge in [0.2, 0.25) is 0 Å². The van der Waals surface area contributed by atoms with E-state index in [1.807, 2.05) is 0 Å². The van der Waals surface area contributed by atoms with Crippen LogP contribution in [-0.4, -0.2) is 41.4 Å². The van der Waals surface area contributed by atoms with Gasteiger partial charge in [-0.05, 0) is 55.0 Å². The van der Waals surface area contributed by atoms with E-state index in [1.54, 1.807) is 30.7 Å². The fraction of sp³-hybridized carbons (Fsp3) is 0.167. The molecule has 2 heterocycles. The summed E-state index contributed by atoms with van der Waals surface area (Å²) in [5.74, 6) is -2.99. The number of hydrogen-bond acceptors (Lipinski definition) is 5. The summed E-state index contributed by atoms with van der Waals surface area (Å²) in [5, 5.41) is 13.7. The molecule has 0 atom stereocenters. The number of aromatic nitrogens is 3. The van der Waals surface area contributed by atoms with Gasteiger partial charge in [0.25, 0.3) is 10.0 Å². The third kappa shape index (κ3) is 4.64. The Morgan fingerprint density at radius 1 is 1.03 bits per heavy atom. The predicted octanol–water partition coefficient (Wildman–Crippen LogP) is 4.24. The number of halogens is 3. The zero-order valence-corrected chi connectivity index (χ0v) is 19.4. The molecule has 11 heteroatoms. The summed E-state index contributed by atoms with van der Waals surface area (Å²) in [5.41, 5.74) is 1.10. The number of anilines is 1. The molecule has 0 radical (unpaired) electrons. The van der Waals surface area contributed by atoms with E-state index >= 15 is 4.39 Å². The van der Waals surface area contributed by atoms with Gasteiger partial charge in [0.1, 0.15) is 22.2 Å². The number of aliphatic hydroxyl groups excluding tert-OH is 1. The molecular formula is C24H21F3N4O3S. The van der Waals surface area contributed by atoms with Gasteiger partial charge in [-0.15, -0.1) is 0 Å². The molecule has 0 aliphatic heterocycles. The monoisotopic (exact) mass is 502 g/mol. The molecule has 0 saturated heterocycles. The summed E-state index contributed by atoms with van der Waals surface area (Å²) < 4.78 is 72.5. The fourth-order valence-electron chi connectivity index (χ4n) is 3.74. The lowest BCUT2D eigenvalue weighted by Crippen LogP contribution is -2.32. The highest BCUT2D eigenvalue weighted by Crippen LogP contribution is 2.37. The lowest BCUT2D eigenvalue weighted by molar-refractivity contribution is 0.269. The molecule has 0 unspecified atom stereocenters. The number of pyridine rings is 1. The van der Waals surface area contributed by atoms with Crippen LogP contribution in [0.1, 0.15) is 6.92 Å². The van der Waals surface area contributed by atoms with Gasteiger partial charge >= 0.3 is 0 Å². The van der Waals surface area contributed by atoms with E-state index in [0.29, 0.717) is 27.6 Å². The summed E-state index contributed by atoms with van der Waals surface area (Å²) in [6.07, 6.45) is 4.77. The van der Waals surface area contributed by atoms with Crippen molar-refractivity contribution >= 4 is 15.7 Å². The molecule has 35 heavy (non-hydrogen) atoms. The molecule has 2 aromatic heterocycles. The molecule has 0 aliphatic rings. The van der Waals surface area contributed by atoms with E-state index in [1.165, 1.54) is 29.8 Å². The zero-order chi connectivity index (χ0) is 25.2. The molecule has 2 aromatic carbocycles. The van der Waals surface area contributed by atoms with Crippen LogP contribution in [0.4, 0.5) is 18.9 Å². The lowest BCUT2D eigenvalue weighted by Gasteiger charge is -2.24. The summed E-state index contributed by atoms with van der Waals surface area (Å²) >= 11 is 0. The van der Waals surface area contributed by atoms with Crippen molar-refractivity contribution in [3.05, 3.63) is 84.6 Å². The normalized spacial score (nSPS) is 11.6. The van der Waals surface area contributed by atoms with E-state index in [0.717, 1.165) is 6.07 Å². The minimum atomic E-state index is -4.63. The van der Waals surface area contributed by atoms with Crippen LogP contribution in [-0.2, 0) is 16.6 Å². The number of benzene rings is 2. The van der Waals surface area contributed by atoms with Crippen molar-refractivity contribution < 1.29 is 26.7 Å². The van der Waals surface area contributed by atoms with Crippen molar-refractivity contribution in [2.24, 2.45) is 0 Å². The maximum atomic E-state index is 15.9. The minimum Gasteiger partial charge on any atom is -0.394 e. The van der Waals surface area contributed by atoms with E-state index in [9.17, 15) is 22.3 Å². The van der Waals surface area contributed by atoms with E-state index in [-0.39, 0.29) is 36.6 Å². The third-order valence-electron chi connectivity index (χ3n) is 5.33. The Morgan fingerprint density at radius 2 is 1.77 bits per heavy atom. The van der Waals surface area contributed by atoms with Crippen LogP contribution in [0.2, 0.25) is 0 Å². The molecule has 182 valence electrons. The molecule has 0 fully saturated rings. The van der Waals surface area contributed by atoms with Crippen molar-refractivity contribution in [2.45, 2.75) is 18.4 Å². The Labute approximate surface area is 200 Å². The van der Waals surface area contributed by atoms with Crippen molar-refractivity contribution in [2.75, 3.05) is 17.5 Å². The average molecular weight is 503 g/mol. The fourth-order valence-corrected chi connectivity index (χ4v) is 5.29. The molecule has 0 spiro atoms. The van der Waals surface area contributed by atoms with Gasteiger partial charge in [0, 0.05) is 36.3 Å². The summed E-state index contributed by atoms with van der Waals surface area (Å²) in [6.45, 7) is 1.18. The first-order valence-corrected chi connectivity index (χ1v) is 12.1. The average Bonchev–Trinajstić information content (AvgIpc) is 3.26. The molecule has 4 rings (SSSR count). The van der Waals surface area contributed by atoms with E-state index in [4.69, 9.17) is 0 Å². The summed E-state index contributed by atoms with van der Waals surface area (Å²) in [4.78, 5) is 3.08. The lowest BCUT2D eigenvalue weighted by atomic mass is 10.0. The SMILES string of the molecule is CCN(c1cccc(-c2nn(CCO)cc2-c2ccncc2)c1F)S(=O)(=O)c1cc(F)ccc1F. The number of aliphatic hydroxyl groups is 1. The van der Waals surface area contributed by atoms with Crippen molar-refractivity contribution in [3.8, 4) is 22.4 Å². The van der Waals surface area contributed by atoms with Gasteiger partial charge in [-0.2, -0.15) is 5.10 Å². The van der Waals surface area contributed by atoms with Crippen LogP contribution in [0.15, 0.2) is 72.0 Å². The molecule has 0 saturated carbocycles. The van der Waals surface area contributed by atoms with Crippen LogP contribution in [0.5, 0.6) is 0 Å². The highest BCUT2D eigenvalue weighted by atomic mass is 32.2. The predicted molar refractivity (Wildman–Crippen MR) is 125 cm³/mol. The highest BCUT2D eigenvalue weighted by Gasteiger charge is 2.30. The van der Waals surface area contributed by atoms with Gasteiger partial charge in [0.15, 0.2) is 5.82 Å². The molecule has 1 N–H and O–H groups in total. The standard InChI is InChI=1S/C24H21F3N4O3S/c1-2-31(35(33,34)22-14-17(25)6-7-20(22)26)21-5-3-4-18(23(21)27)24-19(15-30(29-24)12-13-32)16-8-10-28-11-9-16/h3-11,14-15,32H,2,12-13H2,1H3. The van der Waals surface area contributed by atoms with Gasteiger partial charge in [-0.1, -0.05) is 6.07 Å². The second kappa shape index (κ2) is 9.88. The number of hydrogen-bond donors (Lipinski definition) is 1. The van der Waals surface area contributed by atoms with Crippen LogP contribution >= 0.6 is 0 Å². The molecule has 0 bridgehead atoms. The van der Waals surface area contributed by atoms with E-state index in [2.05, 4.69) is 10.1 Å². The third-order valence-corrected chi connectivity index (χ3v) is 7.24. The maximum Gasteiger partial charge on any atom is 0.267 e. The summed E-state index contributed by atoms with van der Waals surface area (Å²) in [7, 11) is -4.63. The summed E-state index contributed by atoms with van der Waals surface area (Å²) in [6, 6.07) is 9.63. The molecular weight excluding hydrogens is 481 g/mol. The molecule has 0 aliphatic carbocycles. The molecule has 7 nitrogen and oxygen atoms in total. The van der Waals surface area contributed by atoms with Crippen LogP contribution in [0.25, 0.3) is 22.4 Å². The Balaban J connectivity index is 1.87. The Morgan fingerprint density at radius 3 is 2.46 bits per heavy atom. The molecule has 4 aromatic rings. The largest absolute Gasteiger partial charge is 0.394 e. The smallest absolute Gasteiger partial charge is 0.267 e. The quantitative estimate of drug-likeness (QED) is 0.390. The Kier molecular flexibility index (Phi) is 6.90. The topological polar surface area (TPSA) is 88.3 Å². The zero-order valence-electron chi connectivity index (χ0n) is 18.6. The van der Waals surface area contributed by atoms with Crippen LogP contribution < -0.4 is 4.31 Å². The first-order valence-electron chi connectivity index (χ1n) is 10.6. The number of nitrogens with zero attached hydrogens (tertiary/aromatic N) is 4. The van der Waals surface area contributed by atoms with Crippen LogP contribution in [0, 0.1) is 17.5 Å². The maximum absolute atomic E-state index is 15.9. The van der Waals surface area contributed by atoms with Crippen LogP contribution in [0.3, 0.4) is 0 Å². The van der Waals surface area contributed by atoms with Gasteiger partial charge in [-0.3, -0.25) is 14.0 Å². The minimum absolute atomic E-state index is 0.000587. The first kappa shape index (κ1) is 24.4. The Bertz CT molecular complexity index is 1460. The number of rotatable bonds is 8. The number of sulfonamides is 1. The van der Waals surface area contributed by atoms with Gasteiger partial charge in [0.05, 0.1) is 18.8 Å². The van der Waals surface area contributed by atoms with Gasteiger partial charge in [-0.25, -0.2) is 21.6 Å². The second-order valence-corrected chi connectivity index (χ2v) is 9.33. The van der Waals surface area contributed by atoms with E-state index < -0.39 is 32.4 Å². The Hall–Kier alpha value is -3.70.